The first kappa shape index (κ1) is 21.3. The van der Waals surface area contributed by atoms with E-state index in [0.29, 0.717) is 6.42 Å². The van der Waals surface area contributed by atoms with Gasteiger partial charge in [0.05, 0.1) is 20.3 Å². The van der Waals surface area contributed by atoms with Crippen molar-refractivity contribution in [3.8, 4) is 11.5 Å². The predicted molar refractivity (Wildman–Crippen MR) is 99.0 cm³/mol. The predicted octanol–water partition coefficient (Wildman–Crippen LogP) is -0.666. The molecule has 4 atom stereocenters. The molecule has 28 heavy (non-hydrogen) atoms. The van der Waals surface area contributed by atoms with E-state index in [1.807, 2.05) is 13.8 Å². The molecule has 3 rings (SSSR count). The normalized spacial score (nSPS) is 34.7. The molecule has 1 saturated heterocycles. The second-order valence-corrected chi connectivity index (χ2v) is 8.24. The largest absolute Gasteiger partial charge is 0.493 e. The van der Waals surface area contributed by atoms with Gasteiger partial charge in [0.15, 0.2) is 17.2 Å². The first-order valence-electron chi connectivity index (χ1n) is 9.31. The SMILES string of the molecule is COc1cc2c(cc1OC)C(N)(O)C(O)(O)N1CC(CC(C)C)C(O)CC21O. The molecule has 9 nitrogen and oxygen atoms in total. The summed E-state index contributed by atoms with van der Waals surface area (Å²) in [6.07, 6.45) is -0.471. The molecule has 0 aliphatic carbocycles. The third kappa shape index (κ3) is 2.89. The van der Waals surface area contributed by atoms with Crippen molar-refractivity contribution in [2.24, 2.45) is 17.6 Å². The molecule has 2 heterocycles. The lowest BCUT2D eigenvalue weighted by Gasteiger charge is -2.59. The van der Waals surface area contributed by atoms with Gasteiger partial charge in [0.2, 0.25) is 5.72 Å². The zero-order valence-electron chi connectivity index (χ0n) is 16.6. The van der Waals surface area contributed by atoms with Crippen LogP contribution >= 0.6 is 0 Å². The Labute approximate surface area is 163 Å². The van der Waals surface area contributed by atoms with Crippen molar-refractivity contribution in [2.75, 3.05) is 20.8 Å². The Morgan fingerprint density at radius 2 is 1.64 bits per heavy atom. The Balaban J connectivity index is 2.21. The fourth-order valence-corrected chi connectivity index (χ4v) is 4.47. The molecule has 0 spiro atoms. The Morgan fingerprint density at radius 3 is 2.14 bits per heavy atom. The van der Waals surface area contributed by atoms with Crippen molar-refractivity contribution in [1.29, 1.82) is 0 Å². The number of aliphatic hydroxyl groups is 5. The van der Waals surface area contributed by atoms with Crippen molar-refractivity contribution < 1.29 is 35.0 Å². The number of fused-ring (bicyclic) bond motifs is 3. The molecule has 2 aliphatic heterocycles. The minimum absolute atomic E-state index is 0.0733. The molecule has 0 aromatic heterocycles. The van der Waals surface area contributed by atoms with Crippen LogP contribution in [0.3, 0.4) is 0 Å². The van der Waals surface area contributed by atoms with Gasteiger partial charge in [-0.1, -0.05) is 13.8 Å². The summed E-state index contributed by atoms with van der Waals surface area (Å²) in [4.78, 5) is 0.952. The molecule has 1 aromatic rings. The van der Waals surface area contributed by atoms with Gasteiger partial charge in [-0.15, -0.1) is 0 Å². The summed E-state index contributed by atoms with van der Waals surface area (Å²) in [7, 11) is 2.80. The Kier molecular flexibility index (Phi) is 5.17. The van der Waals surface area contributed by atoms with Crippen LogP contribution in [-0.2, 0) is 11.4 Å². The van der Waals surface area contributed by atoms with Gasteiger partial charge in [-0.2, -0.15) is 0 Å². The van der Waals surface area contributed by atoms with E-state index < -0.39 is 23.5 Å². The summed E-state index contributed by atoms with van der Waals surface area (Å²) in [5.74, 6) is -2.60. The molecular weight excluding hydrogens is 368 g/mol. The fourth-order valence-electron chi connectivity index (χ4n) is 4.47. The van der Waals surface area contributed by atoms with Crippen molar-refractivity contribution >= 4 is 0 Å². The lowest BCUT2D eigenvalue weighted by atomic mass is 9.73. The summed E-state index contributed by atoms with van der Waals surface area (Å²) in [6.45, 7) is 3.90. The summed E-state index contributed by atoms with van der Waals surface area (Å²) in [5.41, 5.74) is 1.37. The zero-order chi connectivity index (χ0) is 21.1. The third-order valence-electron chi connectivity index (χ3n) is 5.93. The number of ether oxygens (including phenoxy) is 2. The standard InChI is InChI=1S/C19H30N2O7/c1-10(2)5-11-9-21-17(23,8-14(11)22)12-6-15(27-3)16(28-4)7-13(12)18(20,24)19(21,25)26/h6-7,10-11,14,22-26H,5,8-9,20H2,1-4H3. The highest BCUT2D eigenvalue weighted by Gasteiger charge is 2.66. The van der Waals surface area contributed by atoms with Crippen molar-refractivity contribution in [2.45, 2.75) is 50.2 Å². The van der Waals surface area contributed by atoms with Crippen molar-refractivity contribution in [3.05, 3.63) is 23.3 Å². The lowest BCUT2D eigenvalue weighted by Crippen LogP contribution is -2.77. The molecular formula is C19H30N2O7. The molecule has 0 saturated carbocycles. The number of nitrogens with zero attached hydrogens (tertiary/aromatic N) is 1. The maximum Gasteiger partial charge on any atom is 0.276 e. The van der Waals surface area contributed by atoms with E-state index in [1.165, 1.54) is 26.4 Å². The van der Waals surface area contributed by atoms with Gasteiger partial charge in [0, 0.05) is 24.1 Å². The van der Waals surface area contributed by atoms with Crippen LogP contribution < -0.4 is 15.2 Å². The topological polar surface area (TPSA) is 149 Å². The van der Waals surface area contributed by atoms with Gasteiger partial charge < -0.3 is 35.0 Å². The average Bonchev–Trinajstić information content (AvgIpc) is 2.61. The van der Waals surface area contributed by atoms with E-state index in [4.69, 9.17) is 15.2 Å². The van der Waals surface area contributed by atoms with E-state index in [9.17, 15) is 25.5 Å². The van der Waals surface area contributed by atoms with Crippen LogP contribution in [0.4, 0.5) is 0 Å². The second-order valence-electron chi connectivity index (χ2n) is 8.24. The van der Waals surface area contributed by atoms with Gasteiger partial charge in [0.25, 0.3) is 5.91 Å². The van der Waals surface area contributed by atoms with E-state index in [2.05, 4.69) is 0 Å². The van der Waals surface area contributed by atoms with Gasteiger partial charge in [-0.25, -0.2) is 4.90 Å². The summed E-state index contributed by atoms with van der Waals surface area (Å²) in [6, 6.07) is 2.74. The van der Waals surface area contributed by atoms with Gasteiger partial charge in [-0.3, -0.25) is 5.73 Å². The monoisotopic (exact) mass is 398 g/mol. The van der Waals surface area contributed by atoms with Crippen LogP contribution in [0, 0.1) is 11.8 Å². The minimum Gasteiger partial charge on any atom is -0.493 e. The number of aliphatic hydroxyl groups excluding tert-OH is 1. The Morgan fingerprint density at radius 1 is 1.11 bits per heavy atom. The molecule has 2 aliphatic rings. The zero-order valence-corrected chi connectivity index (χ0v) is 16.6. The van der Waals surface area contributed by atoms with Crippen LogP contribution in [0.5, 0.6) is 11.5 Å². The maximum atomic E-state index is 11.5. The minimum atomic E-state index is -2.98. The van der Waals surface area contributed by atoms with Gasteiger partial charge in [-0.05, 0) is 30.4 Å². The molecule has 0 bridgehead atoms. The van der Waals surface area contributed by atoms with E-state index in [-0.39, 0.29) is 47.4 Å². The average molecular weight is 398 g/mol. The quantitative estimate of drug-likeness (QED) is 0.363. The summed E-state index contributed by atoms with van der Waals surface area (Å²) < 4.78 is 10.5. The molecule has 1 fully saturated rings. The Hall–Kier alpha value is -1.46. The molecule has 7 N–H and O–H groups in total. The smallest absolute Gasteiger partial charge is 0.276 e. The molecule has 158 valence electrons. The van der Waals surface area contributed by atoms with Crippen molar-refractivity contribution in [3.63, 3.8) is 0 Å². The number of methoxy groups -OCH3 is 2. The van der Waals surface area contributed by atoms with E-state index >= 15 is 0 Å². The van der Waals surface area contributed by atoms with Crippen LogP contribution in [-0.4, -0.2) is 63.2 Å². The number of benzene rings is 1. The summed E-state index contributed by atoms with van der Waals surface area (Å²) in [5, 5.41) is 54.7. The fraction of sp³-hybridized carbons (Fsp3) is 0.684. The van der Waals surface area contributed by atoms with Gasteiger partial charge >= 0.3 is 0 Å². The number of nitrogens with two attached hydrogens (primary N) is 1. The van der Waals surface area contributed by atoms with E-state index in [1.54, 1.807) is 0 Å². The molecule has 1 aromatic carbocycles. The van der Waals surface area contributed by atoms with E-state index in [0.717, 1.165) is 4.90 Å². The van der Waals surface area contributed by atoms with Gasteiger partial charge in [0.1, 0.15) is 0 Å². The lowest BCUT2D eigenvalue weighted by molar-refractivity contribution is -0.421. The van der Waals surface area contributed by atoms with Crippen LogP contribution in [0.25, 0.3) is 0 Å². The highest BCUT2D eigenvalue weighted by atomic mass is 16.6. The van der Waals surface area contributed by atoms with Crippen LogP contribution in [0.1, 0.15) is 37.8 Å². The number of rotatable bonds is 4. The first-order chi connectivity index (χ1) is 12.9. The maximum absolute atomic E-state index is 11.5. The highest BCUT2D eigenvalue weighted by molar-refractivity contribution is 5.53. The van der Waals surface area contributed by atoms with Crippen LogP contribution in [0.2, 0.25) is 0 Å². The number of hydrogen-bond acceptors (Lipinski definition) is 9. The number of piperidine rings is 1. The van der Waals surface area contributed by atoms with Crippen molar-refractivity contribution in [1.82, 2.24) is 4.90 Å². The first-order valence-corrected chi connectivity index (χ1v) is 9.31. The molecule has 0 radical (unpaired) electrons. The third-order valence-corrected chi connectivity index (χ3v) is 5.93. The molecule has 0 amide bonds. The Bertz CT molecular complexity index is 752. The molecule has 9 heteroatoms. The number of hydrogen-bond donors (Lipinski definition) is 6. The summed E-state index contributed by atoms with van der Waals surface area (Å²) >= 11 is 0. The second kappa shape index (κ2) is 6.81. The van der Waals surface area contributed by atoms with Crippen LogP contribution in [0.15, 0.2) is 12.1 Å². The molecule has 4 unspecified atom stereocenters. The highest BCUT2D eigenvalue weighted by Crippen LogP contribution is 2.53.